The van der Waals surface area contributed by atoms with Crippen molar-refractivity contribution in [1.82, 2.24) is 14.5 Å². The van der Waals surface area contributed by atoms with Crippen LogP contribution in [0.1, 0.15) is 18.7 Å². The largest absolute Gasteiger partial charge is 0.297 e. The summed E-state index contributed by atoms with van der Waals surface area (Å²) in [6, 6.07) is 5.37. The molecule has 0 spiro atoms. The molecule has 2 aromatic rings. The Bertz CT molecular complexity index is 589. The summed E-state index contributed by atoms with van der Waals surface area (Å²) in [5.74, 6) is 0.913. The number of aryl methyl sites for hydroxylation is 1. The molecule has 0 unspecified atom stereocenters. The first kappa shape index (κ1) is 10.2. The molecule has 4 heteroatoms. The number of fused-ring (bicyclic) bond motifs is 1. The average molecular weight is 227 g/mol. The molecular formula is C13H13N3O. The third-order valence-electron chi connectivity index (χ3n) is 3.10. The zero-order valence-electron chi connectivity index (χ0n) is 9.47. The minimum atomic E-state index is 0.0570. The Morgan fingerprint density at radius 3 is 2.82 bits per heavy atom. The van der Waals surface area contributed by atoms with E-state index < -0.39 is 0 Å². The lowest BCUT2D eigenvalue weighted by Crippen LogP contribution is -2.27. The van der Waals surface area contributed by atoms with Crippen LogP contribution in [-0.2, 0) is 13.0 Å². The van der Waals surface area contributed by atoms with Crippen LogP contribution in [0.3, 0.4) is 0 Å². The SMILES string of the molecule is O=c1cc(-c2ccncc2)nc2n1CCCC2. The Labute approximate surface area is 99.0 Å². The maximum absolute atomic E-state index is 12.0. The van der Waals surface area contributed by atoms with Crippen LogP contribution in [0, 0.1) is 0 Å². The van der Waals surface area contributed by atoms with Gasteiger partial charge in [0.05, 0.1) is 5.69 Å². The molecule has 3 rings (SSSR count). The van der Waals surface area contributed by atoms with Crippen molar-refractivity contribution in [2.45, 2.75) is 25.8 Å². The van der Waals surface area contributed by atoms with Crippen LogP contribution in [0.2, 0.25) is 0 Å². The molecule has 1 aliphatic heterocycles. The minimum Gasteiger partial charge on any atom is -0.297 e. The highest BCUT2D eigenvalue weighted by Crippen LogP contribution is 2.17. The fourth-order valence-corrected chi connectivity index (χ4v) is 2.21. The summed E-state index contributed by atoms with van der Waals surface area (Å²) in [6.07, 6.45) is 6.52. The average Bonchev–Trinajstić information content (AvgIpc) is 2.40. The Balaban J connectivity index is 2.14. The highest BCUT2D eigenvalue weighted by molar-refractivity contribution is 5.57. The summed E-state index contributed by atoms with van der Waals surface area (Å²) in [6.45, 7) is 0.803. The Hall–Kier alpha value is -1.97. The van der Waals surface area contributed by atoms with Gasteiger partial charge in [0.25, 0.3) is 5.56 Å². The summed E-state index contributed by atoms with van der Waals surface area (Å²) in [4.78, 5) is 20.5. The first-order valence-electron chi connectivity index (χ1n) is 5.86. The molecule has 0 aromatic carbocycles. The van der Waals surface area contributed by atoms with Crippen molar-refractivity contribution in [3.8, 4) is 11.3 Å². The van der Waals surface area contributed by atoms with Crippen molar-refractivity contribution in [2.75, 3.05) is 0 Å². The third kappa shape index (κ3) is 1.86. The van der Waals surface area contributed by atoms with Gasteiger partial charge < -0.3 is 0 Å². The molecule has 86 valence electrons. The van der Waals surface area contributed by atoms with E-state index in [1.165, 1.54) is 0 Å². The van der Waals surface area contributed by atoms with Crippen LogP contribution >= 0.6 is 0 Å². The molecule has 0 saturated heterocycles. The molecule has 0 bridgehead atoms. The van der Waals surface area contributed by atoms with Crippen molar-refractivity contribution >= 4 is 0 Å². The van der Waals surface area contributed by atoms with Crippen LogP contribution in [0.25, 0.3) is 11.3 Å². The van der Waals surface area contributed by atoms with E-state index in [1.807, 2.05) is 12.1 Å². The molecule has 0 N–H and O–H groups in total. The van der Waals surface area contributed by atoms with Gasteiger partial charge in [0.2, 0.25) is 0 Å². The molecule has 0 atom stereocenters. The second-order valence-electron chi connectivity index (χ2n) is 4.24. The van der Waals surface area contributed by atoms with Crippen LogP contribution in [0.15, 0.2) is 35.4 Å². The lowest BCUT2D eigenvalue weighted by molar-refractivity contribution is 0.496. The molecule has 0 radical (unpaired) electrons. The summed E-state index contributed by atoms with van der Waals surface area (Å²) < 4.78 is 1.79. The molecule has 4 nitrogen and oxygen atoms in total. The quantitative estimate of drug-likeness (QED) is 0.744. The van der Waals surface area contributed by atoms with Gasteiger partial charge in [0, 0.05) is 37.0 Å². The van der Waals surface area contributed by atoms with Gasteiger partial charge in [-0.05, 0) is 25.0 Å². The summed E-state index contributed by atoms with van der Waals surface area (Å²) in [7, 11) is 0. The zero-order valence-corrected chi connectivity index (χ0v) is 9.47. The van der Waals surface area contributed by atoms with Crippen LogP contribution in [0.5, 0.6) is 0 Å². The van der Waals surface area contributed by atoms with Crippen molar-refractivity contribution < 1.29 is 0 Å². The molecule has 0 aliphatic carbocycles. The van der Waals surface area contributed by atoms with Crippen molar-refractivity contribution in [3.63, 3.8) is 0 Å². The van der Waals surface area contributed by atoms with E-state index in [4.69, 9.17) is 0 Å². The van der Waals surface area contributed by atoms with Crippen LogP contribution in [0.4, 0.5) is 0 Å². The van der Waals surface area contributed by atoms with E-state index in [0.717, 1.165) is 42.9 Å². The predicted molar refractivity (Wildman–Crippen MR) is 64.7 cm³/mol. The van der Waals surface area contributed by atoms with Crippen molar-refractivity contribution in [2.24, 2.45) is 0 Å². The molecule has 0 fully saturated rings. The normalized spacial score (nSPS) is 14.4. The van der Waals surface area contributed by atoms with Gasteiger partial charge >= 0.3 is 0 Å². The fraction of sp³-hybridized carbons (Fsp3) is 0.308. The van der Waals surface area contributed by atoms with Gasteiger partial charge in [0.1, 0.15) is 5.82 Å². The Morgan fingerprint density at radius 1 is 1.18 bits per heavy atom. The topological polar surface area (TPSA) is 47.8 Å². The third-order valence-corrected chi connectivity index (χ3v) is 3.10. The molecule has 0 saturated carbocycles. The molecular weight excluding hydrogens is 214 g/mol. The number of aromatic nitrogens is 3. The fourth-order valence-electron chi connectivity index (χ4n) is 2.21. The van der Waals surface area contributed by atoms with Gasteiger partial charge in [-0.2, -0.15) is 0 Å². The summed E-state index contributed by atoms with van der Waals surface area (Å²) in [5.41, 5.74) is 1.76. The molecule has 17 heavy (non-hydrogen) atoms. The number of pyridine rings is 1. The Kier molecular flexibility index (Phi) is 2.48. The van der Waals surface area contributed by atoms with Crippen LogP contribution < -0.4 is 5.56 Å². The van der Waals surface area contributed by atoms with Gasteiger partial charge in [-0.3, -0.25) is 14.3 Å². The van der Waals surface area contributed by atoms with E-state index in [9.17, 15) is 4.79 Å². The minimum absolute atomic E-state index is 0.0570. The first-order valence-corrected chi connectivity index (χ1v) is 5.86. The lowest BCUT2D eigenvalue weighted by Gasteiger charge is -2.17. The standard InChI is InChI=1S/C13H13N3O/c17-13-9-11(10-4-6-14-7-5-10)15-12-3-1-2-8-16(12)13/h4-7,9H,1-3,8H2. The van der Waals surface area contributed by atoms with E-state index in [2.05, 4.69) is 9.97 Å². The second-order valence-corrected chi connectivity index (χ2v) is 4.24. The highest BCUT2D eigenvalue weighted by atomic mass is 16.1. The van der Waals surface area contributed by atoms with Gasteiger partial charge in [-0.1, -0.05) is 0 Å². The Morgan fingerprint density at radius 2 is 2.00 bits per heavy atom. The van der Waals surface area contributed by atoms with Gasteiger partial charge in [-0.15, -0.1) is 0 Å². The molecule has 3 heterocycles. The van der Waals surface area contributed by atoms with E-state index in [1.54, 1.807) is 23.0 Å². The molecule has 1 aliphatic rings. The van der Waals surface area contributed by atoms with Gasteiger partial charge in [-0.25, -0.2) is 4.98 Å². The van der Waals surface area contributed by atoms with E-state index in [0.29, 0.717) is 0 Å². The summed E-state index contributed by atoms with van der Waals surface area (Å²) >= 11 is 0. The first-order chi connectivity index (χ1) is 8.34. The highest BCUT2D eigenvalue weighted by Gasteiger charge is 2.13. The second kappa shape index (κ2) is 4.13. The van der Waals surface area contributed by atoms with Gasteiger partial charge in [0.15, 0.2) is 0 Å². The maximum atomic E-state index is 12.0. The van der Waals surface area contributed by atoms with Crippen molar-refractivity contribution in [3.05, 3.63) is 46.8 Å². The lowest BCUT2D eigenvalue weighted by atomic mass is 10.1. The molecule has 2 aromatic heterocycles. The van der Waals surface area contributed by atoms with Crippen LogP contribution in [-0.4, -0.2) is 14.5 Å². The predicted octanol–water partition coefficient (Wildman–Crippen LogP) is 1.64. The van der Waals surface area contributed by atoms with Crippen molar-refractivity contribution in [1.29, 1.82) is 0 Å². The number of hydrogen-bond acceptors (Lipinski definition) is 3. The number of nitrogens with zero attached hydrogens (tertiary/aromatic N) is 3. The number of rotatable bonds is 1. The maximum Gasteiger partial charge on any atom is 0.254 e. The summed E-state index contributed by atoms with van der Waals surface area (Å²) in [5, 5.41) is 0. The van der Waals surface area contributed by atoms with E-state index >= 15 is 0 Å². The number of hydrogen-bond donors (Lipinski definition) is 0. The molecule has 0 amide bonds. The van der Waals surface area contributed by atoms with E-state index in [-0.39, 0.29) is 5.56 Å². The zero-order chi connectivity index (χ0) is 11.7. The smallest absolute Gasteiger partial charge is 0.254 e. The monoisotopic (exact) mass is 227 g/mol.